The molecule has 0 spiro atoms. The lowest BCUT2D eigenvalue weighted by atomic mass is 10.3. The van der Waals surface area contributed by atoms with Gasteiger partial charge in [0.15, 0.2) is 0 Å². The van der Waals surface area contributed by atoms with Crippen molar-refractivity contribution in [1.29, 1.82) is 0 Å². The number of aromatic nitrogens is 2. The number of piperazine rings is 1. The molecule has 1 aromatic rings. The van der Waals surface area contributed by atoms with E-state index in [2.05, 4.69) is 35.7 Å². The standard InChI is InChI=1S/C11H16BrN5/c12-9-10(13)14-7-15-11(9)17-5-3-16(4-6-17)8-1-2-8/h7-8H,1-6H2,(H2,13,14,15). The Bertz CT molecular complexity index is 412. The number of halogens is 1. The maximum absolute atomic E-state index is 5.78. The third-order valence-corrected chi connectivity index (χ3v) is 4.24. The highest BCUT2D eigenvalue weighted by molar-refractivity contribution is 9.10. The topological polar surface area (TPSA) is 58.3 Å². The number of hydrogen-bond acceptors (Lipinski definition) is 5. The van der Waals surface area contributed by atoms with E-state index in [4.69, 9.17) is 5.73 Å². The van der Waals surface area contributed by atoms with Crippen LogP contribution in [0.25, 0.3) is 0 Å². The van der Waals surface area contributed by atoms with Gasteiger partial charge in [-0.25, -0.2) is 9.97 Å². The molecule has 0 unspecified atom stereocenters. The minimum Gasteiger partial charge on any atom is -0.383 e. The van der Waals surface area contributed by atoms with Crippen LogP contribution >= 0.6 is 15.9 Å². The first-order chi connectivity index (χ1) is 8.25. The Morgan fingerprint density at radius 2 is 1.88 bits per heavy atom. The Kier molecular flexibility index (Phi) is 2.92. The molecule has 2 heterocycles. The zero-order valence-electron chi connectivity index (χ0n) is 9.64. The number of anilines is 2. The number of nitrogens with zero attached hydrogens (tertiary/aromatic N) is 4. The van der Waals surface area contributed by atoms with Gasteiger partial charge in [0, 0.05) is 32.2 Å². The van der Waals surface area contributed by atoms with Gasteiger partial charge in [0.2, 0.25) is 0 Å². The zero-order chi connectivity index (χ0) is 11.8. The zero-order valence-corrected chi connectivity index (χ0v) is 11.2. The Morgan fingerprint density at radius 1 is 1.18 bits per heavy atom. The van der Waals surface area contributed by atoms with Crippen molar-refractivity contribution in [1.82, 2.24) is 14.9 Å². The number of nitrogens with two attached hydrogens (primary N) is 1. The highest BCUT2D eigenvalue weighted by Gasteiger charge is 2.31. The lowest BCUT2D eigenvalue weighted by Crippen LogP contribution is -2.47. The van der Waals surface area contributed by atoms with Crippen molar-refractivity contribution < 1.29 is 0 Å². The van der Waals surface area contributed by atoms with E-state index in [1.54, 1.807) is 0 Å². The highest BCUT2D eigenvalue weighted by Crippen LogP contribution is 2.31. The molecule has 0 radical (unpaired) electrons. The van der Waals surface area contributed by atoms with Gasteiger partial charge in [-0.15, -0.1) is 0 Å². The maximum atomic E-state index is 5.78. The molecule has 6 heteroatoms. The number of rotatable bonds is 2. The molecule has 1 aromatic heterocycles. The van der Waals surface area contributed by atoms with Crippen LogP contribution in [0, 0.1) is 0 Å². The van der Waals surface area contributed by atoms with Gasteiger partial charge in [-0.1, -0.05) is 0 Å². The Morgan fingerprint density at radius 3 is 2.53 bits per heavy atom. The molecule has 5 nitrogen and oxygen atoms in total. The molecule has 1 saturated carbocycles. The van der Waals surface area contributed by atoms with Crippen molar-refractivity contribution in [2.45, 2.75) is 18.9 Å². The number of nitrogen functional groups attached to an aromatic ring is 1. The second-order valence-electron chi connectivity index (χ2n) is 4.65. The predicted octanol–water partition coefficient (Wildman–Crippen LogP) is 1.11. The number of hydrogen-bond donors (Lipinski definition) is 1. The summed E-state index contributed by atoms with van der Waals surface area (Å²) < 4.78 is 0.819. The summed E-state index contributed by atoms with van der Waals surface area (Å²) in [5.74, 6) is 1.44. The van der Waals surface area contributed by atoms with E-state index in [0.29, 0.717) is 5.82 Å². The van der Waals surface area contributed by atoms with Gasteiger partial charge in [0.25, 0.3) is 0 Å². The molecular weight excluding hydrogens is 282 g/mol. The molecule has 0 bridgehead atoms. The molecule has 3 rings (SSSR count). The van der Waals surface area contributed by atoms with E-state index in [0.717, 1.165) is 42.5 Å². The van der Waals surface area contributed by atoms with Crippen LogP contribution in [0.15, 0.2) is 10.8 Å². The summed E-state index contributed by atoms with van der Waals surface area (Å²) in [7, 11) is 0. The first kappa shape index (κ1) is 11.2. The summed E-state index contributed by atoms with van der Waals surface area (Å²) in [5, 5.41) is 0. The quantitative estimate of drug-likeness (QED) is 0.886. The lowest BCUT2D eigenvalue weighted by molar-refractivity contribution is 0.247. The van der Waals surface area contributed by atoms with Crippen LogP contribution in [0.5, 0.6) is 0 Å². The van der Waals surface area contributed by atoms with Crippen LogP contribution < -0.4 is 10.6 Å². The largest absolute Gasteiger partial charge is 0.383 e. The van der Waals surface area contributed by atoms with Crippen LogP contribution in [0.2, 0.25) is 0 Å². The van der Waals surface area contributed by atoms with Crippen molar-refractivity contribution in [2.24, 2.45) is 0 Å². The summed E-state index contributed by atoms with van der Waals surface area (Å²) in [6, 6.07) is 0.857. The summed E-state index contributed by atoms with van der Waals surface area (Å²) in [6.07, 6.45) is 4.29. The van der Waals surface area contributed by atoms with Gasteiger partial charge in [0.1, 0.15) is 22.4 Å². The van der Waals surface area contributed by atoms with E-state index in [1.807, 2.05) is 0 Å². The second-order valence-corrected chi connectivity index (χ2v) is 5.44. The highest BCUT2D eigenvalue weighted by atomic mass is 79.9. The minimum absolute atomic E-state index is 0.514. The third-order valence-electron chi connectivity index (χ3n) is 3.48. The molecule has 0 atom stereocenters. The van der Waals surface area contributed by atoms with E-state index < -0.39 is 0 Å². The third kappa shape index (κ3) is 2.24. The summed E-state index contributed by atoms with van der Waals surface area (Å²) in [6.45, 7) is 4.29. The summed E-state index contributed by atoms with van der Waals surface area (Å²) in [4.78, 5) is 13.1. The van der Waals surface area contributed by atoms with E-state index in [1.165, 1.54) is 19.2 Å². The Balaban J connectivity index is 1.71. The maximum Gasteiger partial charge on any atom is 0.148 e. The molecule has 17 heavy (non-hydrogen) atoms. The molecule has 1 saturated heterocycles. The van der Waals surface area contributed by atoms with E-state index >= 15 is 0 Å². The van der Waals surface area contributed by atoms with Crippen LogP contribution in [0.3, 0.4) is 0 Å². The van der Waals surface area contributed by atoms with Crippen molar-refractivity contribution in [3.05, 3.63) is 10.8 Å². The van der Waals surface area contributed by atoms with Crippen LogP contribution in [0.1, 0.15) is 12.8 Å². The normalized spacial score (nSPS) is 21.8. The summed E-state index contributed by atoms with van der Waals surface area (Å²) in [5.41, 5.74) is 5.78. The molecule has 2 N–H and O–H groups in total. The molecule has 0 aromatic carbocycles. The molecular formula is C11H16BrN5. The average molecular weight is 298 g/mol. The first-order valence-electron chi connectivity index (χ1n) is 6.00. The van der Waals surface area contributed by atoms with Gasteiger partial charge >= 0.3 is 0 Å². The molecule has 2 aliphatic rings. The molecule has 1 aliphatic carbocycles. The van der Waals surface area contributed by atoms with Crippen molar-refractivity contribution in [2.75, 3.05) is 36.8 Å². The fourth-order valence-electron chi connectivity index (χ4n) is 2.33. The monoisotopic (exact) mass is 297 g/mol. The fraction of sp³-hybridized carbons (Fsp3) is 0.636. The van der Waals surface area contributed by atoms with Crippen LogP contribution in [-0.4, -0.2) is 47.1 Å². The van der Waals surface area contributed by atoms with Gasteiger partial charge < -0.3 is 10.6 Å². The molecule has 1 aliphatic heterocycles. The first-order valence-corrected chi connectivity index (χ1v) is 6.80. The molecule has 92 valence electrons. The Hall–Kier alpha value is -0.880. The van der Waals surface area contributed by atoms with Crippen molar-refractivity contribution in [3.8, 4) is 0 Å². The van der Waals surface area contributed by atoms with Crippen molar-refractivity contribution >= 4 is 27.6 Å². The van der Waals surface area contributed by atoms with E-state index in [-0.39, 0.29) is 0 Å². The lowest BCUT2D eigenvalue weighted by Gasteiger charge is -2.35. The summed E-state index contributed by atoms with van der Waals surface area (Å²) >= 11 is 3.47. The fourth-order valence-corrected chi connectivity index (χ4v) is 2.79. The van der Waals surface area contributed by atoms with Gasteiger partial charge in [-0.3, -0.25) is 4.90 Å². The Labute approximate surface area is 109 Å². The van der Waals surface area contributed by atoms with Gasteiger partial charge in [-0.05, 0) is 28.8 Å². The van der Waals surface area contributed by atoms with Gasteiger partial charge in [0.05, 0.1) is 0 Å². The van der Waals surface area contributed by atoms with Crippen LogP contribution in [0.4, 0.5) is 11.6 Å². The smallest absolute Gasteiger partial charge is 0.148 e. The molecule has 2 fully saturated rings. The van der Waals surface area contributed by atoms with Crippen molar-refractivity contribution in [3.63, 3.8) is 0 Å². The predicted molar refractivity (Wildman–Crippen MR) is 71.0 cm³/mol. The second kappa shape index (κ2) is 4.42. The van der Waals surface area contributed by atoms with E-state index in [9.17, 15) is 0 Å². The SMILES string of the molecule is Nc1ncnc(N2CCN(C3CC3)CC2)c1Br. The van der Waals surface area contributed by atoms with Crippen LogP contribution in [-0.2, 0) is 0 Å². The average Bonchev–Trinajstić information content (AvgIpc) is 3.17. The minimum atomic E-state index is 0.514. The molecule has 0 amide bonds. The van der Waals surface area contributed by atoms with Gasteiger partial charge in [-0.2, -0.15) is 0 Å².